The predicted molar refractivity (Wildman–Crippen MR) is 80.7 cm³/mol. The number of fused-ring (bicyclic) bond motifs is 1. The predicted octanol–water partition coefficient (Wildman–Crippen LogP) is 2.07. The number of nitrogens with one attached hydrogen (secondary N) is 1. The smallest absolute Gasteiger partial charge is 0.220 e. The largest absolute Gasteiger partial charge is 0.493 e. The first kappa shape index (κ1) is 14.3. The van der Waals surface area contributed by atoms with E-state index >= 15 is 0 Å². The third kappa shape index (κ3) is 3.96. The van der Waals surface area contributed by atoms with E-state index in [9.17, 15) is 4.79 Å². The molecule has 0 aliphatic rings. The average Bonchev–Trinajstić information content (AvgIpc) is 2.49. The maximum absolute atomic E-state index is 11.4. The molecule has 2 aromatic rings. The number of rotatable bonds is 7. The summed E-state index contributed by atoms with van der Waals surface area (Å²) in [4.78, 5) is 11.4. The first-order chi connectivity index (χ1) is 9.81. The second-order valence-electron chi connectivity index (χ2n) is 4.57. The van der Waals surface area contributed by atoms with E-state index in [1.807, 2.05) is 30.3 Å². The lowest BCUT2D eigenvalue weighted by atomic mass is 10.1. The van der Waals surface area contributed by atoms with E-state index in [0.29, 0.717) is 32.5 Å². The normalized spacial score (nSPS) is 10.4. The average molecular weight is 272 g/mol. The van der Waals surface area contributed by atoms with Crippen LogP contribution in [-0.2, 0) is 4.79 Å². The summed E-state index contributed by atoms with van der Waals surface area (Å²) in [6, 6.07) is 14.1. The van der Waals surface area contributed by atoms with Crippen LogP contribution in [0.15, 0.2) is 42.5 Å². The SMILES string of the molecule is NCCNC(=O)CCCOc1cccc2ccccc12. The Morgan fingerprint density at radius 1 is 1.15 bits per heavy atom. The summed E-state index contributed by atoms with van der Waals surface area (Å²) in [5, 5.41) is 5.00. The standard InChI is InChI=1S/C16H20N2O2/c17-10-11-18-16(19)9-4-12-20-15-8-3-6-13-5-1-2-7-14(13)15/h1-3,5-8H,4,9-12,17H2,(H,18,19). The second kappa shape index (κ2) is 7.50. The number of nitrogens with two attached hydrogens (primary N) is 1. The molecule has 3 N–H and O–H groups in total. The number of ether oxygens (including phenoxy) is 1. The monoisotopic (exact) mass is 272 g/mol. The molecule has 0 aliphatic carbocycles. The highest BCUT2D eigenvalue weighted by Gasteiger charge is 2.03. The van der Waals surface area contributed by atoms with Crippen LogP contribution in [0.1, 0.15) is 12.8 Å². The topological polar surface area (TPSA) is 64.3 Å². The molecule has 0 atom stereocenters. The summed E-state index contributed by atoms with van der Waals surface area (Å²) in [5.74, 6) is 0.891. The molecular formula is C16H20N2O2. The maximum Gasteiger partial charge on any atom is 0.220 e. The van der Waals surface area contributed by atoms with Gasteiger partial charge in [-0.2, -0.15) is 0 Å². The van der Waals surface area contributed by atoms with Crippen molar-refractivity contribution >= 4 is 16.7 Å². The van der Waals surface area contributed by atoms with Crippen molar-refractivity contribution in [1.82, 2.24) is 5.32 Å². The first-order valence-corrected chi connectivity index (χ1v) is 6.88. The second-order valence-corrected chi connectivity index (χ2v) is 4.57. The Labute approximate surface area is 118 Å². The van der Waals surface area contributed by atoms with Crippen LogP contribution in [-0.4, -0.2) is 25.6 Å². The maximum atomic E-state index is 11.4. The lowest BCUT2D eigenvalue weighted by molar-refractivity contribution is -0.121. The zero-order valence-electron chi connectivity index (χ0n) is 11.5. The summed E-state index contributed by atoms with van der Waals surface area (Å²) in [6.07, 6.45) is 1.16. The number of hydrogen-bond acceptors (Lipinski definition) is 3. The quantitative estimate of drug-likeness (QED) is 0.758. The van der Waals surface area contributed by atoms with E-state index in [-0.39, 0.29) is 5.91 Å². The van der Waals surface area contributed by atoms with E-state index in [1.54, 1.807) is 0 Å². The van der Waals surface area contributed by atoms with Gasteiger partial charge < -0.3 is 15.8 Å². The Morgan fingerprint density at radius 2 is 1.95 bits per heavy atom. The van der Waals surface area contributed by atoms with Crippen molar-refractivity contribution in [2.24, 2.45) is 5.73 Å². The van der Waals surface area contributed by atoms with Gasteiger partial charge in [-0.3, -0.25) is 4.79 Å². The van der Waals surface area contributed by atoms with Gasteiger partial charge >= 0.3 is 0 Å². The summed E-state index contributed by atoms with van der Waals surface area (Å²) in [7, 11) is 0. The van der Waals surface area contributed by atoms with Crippen LogP contribution in [0.2, 0.25) is 0 Å². The molecule has 20 heavy (non-hydrogen) atoms. The highest BCUT2D eigenvalue weighted by atomic mass is 16.5. The van der Waals surface area contributed by atoms with Crippen LogP contribution >= 0.6 is 0 Å². The van der Waals surface area contributed by atoms with Gasteiger partial charge in [-0.1, -0.05) is 36.4 Å². The lowest BCUT2D eigenvalue weighted by Crippen LogP contribution is -2.29. The number of carbonyl (C=O) groups is 1. The molecule has 2 rings (SSSR count). The first-order valence-electron chi connectivity index (χ1n) is 6.88. The van der Waals surface area contributed by atoms with Crippen molar-refractivity contribution in [3.05, 3.63) is 42.5 Å². The Balaban J connectivity index is 1.83. The van der Waals surface area contributed by atoms with Gasteiger partial charge in [0.1, 0.15) is 5.75 Å². The number of amides is 1. The van der Waals surface area contributed by atoms with Crippen LogP contribution in [0, 0.1) is 0 Å². The summed E-state index contributed by atoms with van der Waals surface area (Å²) in [5.41, 5.74) is 5.32. The minimum atomic E-state index is 0.0250. The molecule has 0 fully saturated rings. The molecule has 4 heteroatoms. The molecule has 0 heterocycles. The van der Waals surface area contributed by atoms with E-state index in [4.69, 9.17) is 10.5 Å². The van der Waals surface area contributed by atoms with Gasteiger partial charge in [0, 0.05) is 24.9 Å². The molecule has 0 saturated heterocycles. The van der Waals surface area contributed by atoms with Gasteiger partial charge in [-0.15, -0.1) is 0 Å². The highest BCUT2D eigenvalue weighted by Crippen LogP contribution is 2.25. The summed E-state index contributed by atoms with van der Waals surface area (Å²) in [6.45, 7) is 1.53. The van der Waals surface area contributed by atoms with Crippen LogP contribution in [0.3, 0.4) is 0 Å². The van der Waals surface area contributed by atoms with Crippen molar-refractivity contribution in [1.29, 1.82) is 0 Å². The van der Waals surface area contributed by atoms with Crippen LogP contribution in [0.5, 0.6) is 5.75 Å². The fourth-order valence-corrected chi connectivity index (χ4v) is 2.04. The number of hydrogen-bond donors (Lipinski definition) is 2. The van der Waals surface area contributed by atoms with Crippen LogP contribution in [0.25, 0.3) is 10.8 Å². The van der Waals surface area contributed by atoms with E-state index in [1.165, 1.54) is 0 Å². The Bertz CT molecular complexity index is 564. The van der Waals surface area contributed by atoms with Crippen molar-refractivity contribution < 1.29 is 9.53 Å². The molecule has 0 spiro atoms. The fourth-order valence-electron chi connectivity index (χ4n) is 2.04. The fraction of sp³-hybridized carbons (Fsp3) is 0.312. The molecule has 0 bridgehead atoms. The molecule has 4 nitrogen and oxygen atoms in total. The summed E-state index contributed by atoms with van der Waals surface area (Å²) < 4.78 is 5.77. The molecule has 2 aromatic carbocycles. The number of carbonyl (C=O) groups excluding carboxylic acids is 1. The Hall–Kier alpha value is -2.07. The van der Waals surface area contributed by atoms with Crippen LogP contribution in [0.4, 0.5) is 0 Å². The van der Waals surface area contributed by atoms with Gasteiger partial charge in [-0.05, 0) is 17.9 Å². The van der Waals surface area contributed by atoms with Gasteiger partial charge in [0.25, 0.3) is 0 Å². The minimum absolute atomic E-state index is 0.0250. The molecule has 0 radical (unpaired) electrons. The molecule has 0 unspecified atom stereocenters. The zero-order valence-corrected chi connectivity index (χ0v) is 11.5. The zero-order chi connectivity index (χ0) is 14.2. The Kier molecular flexibility index (Phi) is 5.38. The number of benzene rings is 2. The minimum Gasteiger partial charge on any atom is -0.493 e. The van der Waals surface area contributed by atoms with Crippen molar-refractivity contribution in [2.45, 2.75) is 12.8 Å². The van der Waals surface area contributed by atoms with Gasteiger partial charge in [0.2, 0.25) is 5.91 Å². The third-order valence-electron chi connectivity index (χ3n) is 3.02. The molecule has 1 amide bonds. The van der Waals surface area contributed by atoms with E-state index < -0.39 is 0 Å². The summed E-state index contributed by atoms with van der Waals surface area (Å²) >= 11 is 0. The van der Waals surface area contributed by atoms with Crippen LogP contribution < -0.4 is 15.8 Å². The molecular weight excluding hydrogens is 252 g/mol. The molecule has 106 valence electrons. The van der Waals surface area contributed by atoms with Crippen molar-refractivity contribution in [2.75, 3.05) is 19.7 Å². The molecule has 0 saturated carbocycles. The van der Waals surface area contributed by atoms with E-state index in [2.05, 4.69) is 17.4 Å². The lowest BCUT2D eigenvalue weighted by Gasteiger charge is -2.09. The highest BCUT2D eigenvalue weighted by molar-refractivity contribution is 5.88. The Morgan fingerprint density at radius 3 is 2.80 bits per heavy atom. The van der Waals surface area contributed by atoms with Crippen molar-refractivity contribution in [3.8, 4) is 5.75 Å². The van der Waals surface area contributed by atoms with E-state index in [0.717, 1.165) is 16.5 Å². The van der Waals surface area contributed by atoms with Crippen molar-refractivity contribution in [3.63, 3.8) is 0 Å². The molecule has 0 aromatic heterocycles. The van der Waals surface area contributed by atoms with Gasteiger partial charge in [0.05, 0.1) is 6.61 Å². The van der Waals surface area contributed by atoms with Gasteiger partial charge in [0.15, 0.2) is 0 Å². The third-order valence-corrected chi connectivity index (χ3v) is 3.02. The molecule has 0 aliphatic heterocycles. The van der Waals surface area contributed by atoms with Gasteiger partial charge in [-0.25, -0.2) is 0 Å².